The van der Waals surface area contributed by atoms with Crippen molar-refractivity contribution in [3.05, 3.63) is 47.8 Å². The molecule has 11 heteroatoms. The summed E-state index contributed by atoms with van der Waals surface area (Å²) in [5.41, 5.74) is -2.73. The predicted molar refractivity (Wildman–Crippen MR) is 126 cm³/mol. The highest BCUT2D eigenvalue weighted by atomic mass is 16.5. The number of hydrogen-bond donors (Lipinski definition) is 0. The number of ketones is 1. The summed E-state index contributed by atoms with van der Waals surface area (Å²) in [5.74, 6) is -1.47. The summed E-state index contributed by atoms with van der Waals surface area (Å²) in [6, 6.07) is 8.43. The molecule has 4 heterocycles. The first-order valence-corrected chi connectivity index (χ1v) is 11.3. The maximum absolute atomic E-state index is 14.6. The van der Waals surface area contributed by atoms with Gasteiger partial charge in [0.1, 0.15) is 0 Å². The third kappa shape index (κ3) is 3.53. The van der Waals surface area contributed by atoms with E-state index in [4.69, 9.17) is 18.9 Å². The van der Waals surface area contributed by atoms with Gasteiger partial charge in [-0.2, -0.15) is 0 Å². The van der Waals surface area contributed by atoms with Gasteiger partial charge in [0.25, 0.3) is 0 Å². The molecule has 0 aliphatic carbocycles. The topological polar surface area (TPSA) is 120 Å². The molecule has 0 amide bonds. The molecule has 2 fully saturated rings. The summed E-state index contributed by atoms with van der Waals surface area (Å²) in [5, 5.41) is 0. The smallest absolute Gasteiger partial charge is 0.322 e. The molecule has 2 aromatic heterocycles. The van der Waals surface area contributed by atoms with Crippen LogP contribution in [0.3, 0.4) is 0 Å². The second kappa shape index (κ2) is 9.47. The second-order valence-electron chi connectivity index (χ2n) is 9.11. The molecular formula is C25H30N4O7. The van der Waals surface area contributed by atoms with Crippen LogP contribution in [0, 0.1) is 10.8 Å². The first-order valence-electron chi connectivity index (χ1n) is 11.3. The molecule has 2 unspecified atom stereocenters. The zero-order valence-electron chi connectivity index (χ0n) is 21.2. The lowest BCUT2D eigenvalue weighted by atomic mass is 9.54. The van der Waals surface area contributed by atoms with Crippen LogP contribution in [0.15, 0.2) is 36.4 Å². The molecule has 2 aromatic rings. The molecule has 4 atom stereocenters. The molecule has 0 N–H and O–H groups in total. The van der Waals surface area contributed by atoms with E-state index < -0.39 is 40.6 Å². The van der Waals surface area contributed by atoms with E-state index in [-0.39, 0.29) is 13.1 Å². The fourth-order valence-electron chi connectivity index (χ4n) is 5.93. The summed E-state index contributed by atoms with van der Waals surface area (Å²) in [6.45, 7) is 0.0345. The van der Waals surface area contributed by atoms with Gasteiger partial charge in [-0.05, 0) is 26.2 Å². The number of piperidine rings is 2. The van der Waals surface area contributed by atoms with Crippen molar-refractivity contribution in [3.63, 3.8) is 0 Å². The Hall–Kier alpha value is -3.57. The van der Waals surface area contributed by atoms with Crippen molar-refractivity contribution < 1.29 is 33.3 Å². The molecular weight excluding hydrogens is 468 g/mol. The van der Waals surface area contributed by atoms with E-state index in [0.717, 1.165) is 0 Å². The molecule has 4 rings (SSSR count). The Labute approximate surface area is 209 Å². The van der Waals surface area contributed by atoms with Crippen molar-refractivity contribution >= 4 is 17.7 Å². The normalized spacial score (nSPS) is 28.3. The van der Waals surface area contributed by atoms with Gasteiger partial charge in [-0.1, -0.05) is 12.1 Å². The Morgan fingerprint density at radius 2 is 1.22 bits per heavy atom. The third-order valence-corrected chi connectivity index (χ3v) is 7.17. The Morgan fingerprint density at radius 1 is 0.806 bits per heavy atom. The van der Waals surface area contributed by atoms with Crippen LogP contribution in [0.25, 0.3) is 0 Å². The van der Waals surface area contributed by atoms with Crippen LogP contribution in [-0.2, 0) is 23.9 Å². The van der Waals surface area contributed by atoms with Crippen LogP contribution in [-0.4, -0.2) is 93.1 Å². The van der Waals surface area contributed by atoms with Crippen molar-refractivity contribution in [2.75, 3.05) is 55.6 Å². The molecule has 0 spiro atoms. The lowest BCUT2D eigenvalue weighted by Gasteiger charge is -2.60. The average Bonchev–Trinajstić information content (AvgIpc) is 2.89. The van der Waals surface area contributed by atoms with Crippen molar-refractivity contribution in [3.8, 4) is 11.8 Å². The SMILES string of the molecule is COC(=O)C12CN(C)CC(C(=O)OC)(C1=O)[C@@H](c1cccc(OC)n1)N(C)[C@H]2c1cccc(OC)n1. The standard InChI is InChI=1S/C25H30N4O7/c1-28-13-24(22(31)35-5)19(15-9-7-11-17(26-15)33-3)29(2)20(16-10-8-12-18(27-16)34-4)25(14-28,21(24)30)23(32)36-6/h7-12,19-20H,13-14H2,1-6H3/t19-,20+,24?,25?. The molecule has 2 saturated heterocycles. The lowest BCUT2D eigenvalue weighted by Crippen LogP contribution is -2.75. The number of methoxy groups -OCH3 is 4. The lowest BCUT2D eigenvalue weighted by molar-refractivity contribution is -0.202. The summed E-state index contributed by atoms with van der Waals surface area (Å²) in [7, 11) is 8.91. The van der Waals surface area contributed by atoms with Crippen LogP contribution in [0.4, 0.5) is 0 Å². The number of ether oxygens (including phenoxy) is 4. The number of pyridine rings is 2. The molecule has 36 heavy (non-hydrogen) atoms. The van der Waals surface area contributed by atoms with Gasteiger partial charge in [0.05, 0.1) is 51.9 Å². The number of fused-ring (bicyclic) bond motifs is 2. The van der Waals surface area contributed by atoms with Crippen LogP contribution < -0.4 is 9.47 Å². The molecule has 0 saturated carbocycles. The Bertz CT molecular complexity index is 1100. The van der Waals surface area contributed by atoms with Crippen molar-refractivity contribution in [2.24, 2.45) is 10.8 Å². The molecule has 11 nitrogen and oxygen atoms in total. The summed E-state index contributed by atoms with van der Waals surface area (Å²) in [6.07, 6.45) is 0. The number of nitrogens with zero attached hydrogens (tertiary/aromatic N) is 4. The molecule has 192 valence electrons. The minimum absolute atomic E-state index is 0.0173. The van der Waals surface area contributed by atoms with Gasteiger partial charge in [-0.15, -0.1) is 0 Å². The van der Waals surface area contributed by atoms with Crippen LogP contribution in [0.5, 0.6) is 11.8 Å². The van der Waals surface area contributed by atoms with E-state index in [0.29, 0.717) is 23.1 Å². The summed E-state index contributed by atoms with van der Waals surface area (Å²) < 4.78 is 21.1. The fraction of sp³-hybridized carbons (Fsp3) is 0.480. The molecule has 2 aliphatic heterocycles. The highest BCUT2D eigenvalue weighted by Crippen LogP contribution is 2.60. The minimum atomic E-state index is -1.78. The van der Waals surface area contributed by atoms with Crippen LogP contribution in [0.2, 0.25) is 0 Å². The number of hydrogen-bond acceptors (Lipinski definition) is 11. The molecule has 0 radical (unpaired) electrons. The zero-order chi connectivity index (χ0) is 26.3. The van der Waals surface area contributed by atoms with Crippen LogP contribution in [0.1, 0.15) is 23.5 Å². The largest absolute Gasteiger partial charge is 0.481 e. The van der Waals surface area contributed by atoms with Crippen molar-refractivity contribution in [2.45, 2.75) is 12.1 Å². The maximum atomic E-state index is 14.6. The maximum Gasteiger partial charge on any atom is 0.322 e. The number of carbonyl (C=O) groups is 3. The molecule has 0 aromatic carbocycles. The Kier molecular flexibility index (Phi) is 6.72. The van der Waals surface area contributed by atoms with Gasteiger partial charge in [-0.25, -0.2) is 9.97 Å². The van der Waals surface area contributed by atoms with Gasteiger partial charge in [0.2, 0.25) is 11.8 Å². The van der Waals surface area contributed by atoms with Crippen molar-refractivity contribution in [1.29, 1.82) is 0 Å². The van der Waals surface area contributed by atoms with Crippen LogP contribution >= 0.6 is 0 Å². The highest BCUT2D eigenvalue weighted by molar-refractivity contribution is 6.17. The number of rotatable bonds is 6. The first kappa shape index (κ1) is 25.5. The number of Topliss-reactive ketones (excluding diaryl/α,β-unsaturated/α-hetero) is 1. The molecule has 2 bridgehead atoms. The first-order chi connectivity index (χ1) is 17.2. The highest BCUT2D eigenvalue weighted by Gasteiger charge is 2.75. The quantitative estimate of drug-likeness (QED) is 0.420. The van der Waals surface area contributed by atoms with E-state index in [1.165, 1.54) is 28.4 Å². The molecule has 2 aliphatic rings. The number of aromatic nitrogens is 2. The third-order valence-electron chi connectivity index (χ3n) is 7.17. The van der Waals surface area contributed by atoms with E-state index >= 15 is 0 Å². The van der Waals surface area contributed by atoms with E-state index in [1.54, 1.807) is 60.3 Å². The fourth-order valence-corrected chi connectivity index (χ4v) is 5.93. The minimum Gasteiger partial charge on any atom is -0.481 e. The number of likely N-dealkylation sites (tertiary alicyclic amines) is 2. The number of carbonyl (C=O) groups excluding carboxylic acids is 3. The zero-order valence-corrected chi connectivity index (χ0v) is 21.2. The summed E-state index contributed by atoms with van der Waals surface area (Å²) in [4.78, 5) is 54.6. The second-order valence-corrected chi connectivity index (χ2v) is 9.11. The number of esters is 2. The summed E-state index contributed by atoms with van der Waals surface area (Å²) >= 11 is 0. The predicted octanol–water partition coefficient (Wildman–Crippen LogP) is 1.05. The van der Waals surface area contributed by atoms with E-state index in [1.807, 2.05) is 0 Å². The van der Waals surface area contributed by atoms with Gasteiger partial charge in [-0.3, -0.25) is 19.3 Å². The monoisotopic (exact) mass is 498 g/mol. The van der Waals surface area contributed by atoms with Gasteiger partial charge in [0.15, 0.2) is 16.6 Å². The average molecular weight is 499 g/mol. The Balaban J connectivity index is 2.08. The van der Waals surface area contributed by atoms with Gasteiger partial charge < -0.3 is 23.8 Å². The van der Waals surface area contributed by atoms with Gasteiger partial charge >= 0.3 is 11.9 Å². The van der Waals surface area contributed by atoms with Gasteiger partial charge in [0, 0.05) is 25.2 Å². The van der Waals surface area contributed by atoms with E-state index in [2.05, 4.69) is 9.97 Å². The Morgan fingerprint density at radius 3 is 1.58 bits per heavy atom. The van der Waals surface area contributed by atoms with Crippen molar-refractivity contribution in [1.82, 2.24) is 19.8 Å². The van der Waals surface area contributed by atoms with E-state index in [9.17, 15) is 14.4 Å².